The molecule has 0 aliphatic rings. The molecule has 0 aliphatic heterocycles. The number of phosphoric ester groups is 1. The maximum Gasteiger partial charge on any atom is 0.472 e. The number of quaternary nitrogens is 1. The molecule has 286 valence electrons. The van der Waals surface area contributed by atoms with Gasteiger partial charge in [-0.15, -0.1) is 0 Å². The van der Waals surface area contributed by atoms with E-state index in [1.54, 1.807) is 0 Å². The van der Waals surface area contributed by atoms with Crippen molar-refractivity contribution in [3.63, 3.8) is 0 Å². The van der Waals surface area contributed by atoms with E-state index in [-0.39, 0.29) is 25.6 Å². The summed E-state index contributed by atoms with van der Waals surface area (Å²) < 4.78 is 34.2. The average molecular weight is 707 g/mol. The van der Waals surface area contributed by atoms with Gasteiger partial charge in [0.25, 0.3) is 0 Å². The zero-order valence-electron chi connectivity index (χ0n) is 32.0. The van der Waals surface area contributed by atoms with Gasteiger partial charge in [-0.1, -0.05) is 155 Å². The molecule has 0 amide bonds. The van der Waals surface area contributed by atoms with Crippen LogP contribution in [0.5, 0.6) is 0 Å². The number of phosphoric acid groups is 1. The predicted octanol–water partition coefficient (Wildman–Crippen LogP) is 10.5. The molecule has 1 unspecified atom stereocenters. The lowest BCUT2D eigenvalue weighted by molar-refractivity contribution is -0.870. The highest BCUT2D eigenvalue weighted by Crippen LogP contribution is 2.43. The van der Waals surface area contributed by atoms with Crippen molar-refractivity contribution in [2.75, 3.05) is 47.5 Å². The van der Waals surface area contributed by atoms with Gasteiger partial charge in [-0.2, -0.15) is 0 Å². The summed E-state index contributed by atoms with van der Waals surface area (Å²) in [6.07, 6.45) is 28.5. The topological polar surface area (TPSA) is 108 Å². The summed E-state index contributed by atoms with van der Waals surface area (Å²) in [5.74, 6) is -0.790. The summed E-state index contributed by atoms with van der Waals surface area (Å²) in [6, 6.07) is 0. The van der Waals surface area contributed by atoms with E-state index in [0.29, 0.717) is 17.4 Å². The quantitative estimate of drug-likeness (QED) is 0.0297. The molecule has 0 heterocycles. The van der Waals surface area contributed by atoms with E-state index < -0.39 is 26.5 Å². The van der Waals surface area contributed by atoms with E-state index in [1.165, 1.54) is 116 Å². The molecule has 0 aromatic heterocycles. The standard InChI is InChI=1S/C38H76NO8P/c1-6-8-10-12-14-16-18-19-21-23-25-27-29-31-38(41)47-36(35-46-48(42,43)45-33-32-39(3,4)5)34-44-37(40)30-28-26-24-22-20-17-15-13-11-9-7-2/h36H,6-35H2,1-5H3/p+1/t36-/m1/s1. The minimum Gasteiger partial charge on any atom is -0.462 e. The van der Waals surface area contributed by atoms with Crippen molar-refractivity contribution in [1.82, 2.24) is 0 Å². The molecule has 9 nitrogen and oxygen atoms in total. The van der Waals surface area contributed by atoms with Crippen LogP contribution in [0, 0.1) is 0 Å². The molecule has 0 rings (SSSR count). The van der Waals surface area contributed by atoms with Crippen LogP contribution < -0.4 is 0 Å². The lowest BCUT2D eigenvalue weighted by atomic mass is 10.0. The van der Waals surface area contributed by atoms with Gasteiger partial charge in [0.05, 0.1) is 27.7 Å². The van der Waals surface area contributed by atoms with Crippen LogP contribution in [0.3, 0.4) is 0 Å². The van der Waals surface area contributed by atoms with Gasteiger partial charge in [-0.25, -0.2) is 4.57 Å². The molecular weight excluding hydrogens is 629 g/mol. The Labute approximate surface area is 295 Å². The van der Waals surface area contributed by atoms with Gasteiger partial charge < -0.3 is 18.9 Å². The fraction of sp³-hybridized carbons (Fsp3) is 0.947. The molecule has 0 saturated heterocycles. The van der Waals surface area contributed by atoms with E-state index in [9.17, 15) is 19.0 Å². The molecule has 0 saturated carbocycles. The first kappa shape index (κ1) is 47.0. The molecule has 0 aromatic carbocycles. The average Bonchev–Trinajstić information content (AvgIpc) is 3.02. The molecule has 1 N–H and O–H groups in total. The first-order valence-corrected chi connectivity index (χ1v) is 21.3. The third-order valence-corrected chi connectivity index (χ3v) is 9.62. The summed E-state index contributed by atoms with van der Waals surface area (Å²) in [5, 5.41) is 0. The molecule has 2 atom stereocenters. The third-order valence-electron chi connectivity index (χ3n) is 8.64. The van der Waals surface area contributed by atoms with Crippen molar-refractivity contribution in [3.05, 3.63) is 0 Å². The number of hydrogen-bond acceptors (Lipinski definition) is 7. The van der Waals surface area contributed by atoms with Crippen LogP contribution in [-0.4, -0.2) is 74.9 Å². The molecular formula is C38H77NO8P+. The minimum absolute atomic E-state index is 0.0364. The van der Waals surface area contributed by atoms with Crippen molar-refractivity contribution in [2.45, 2.75) is 187 Å². The summed E-state index contributed by atoms with van der Waals surface area (Å²) in [4.78, 5) is 35.1. The third kappa shape index (κ3) is 34.9. The fourth-order valence-electron chi connectivity index (χ4n) is 5.48. The van der Waals surface area contributed by atoms with E-state index in [0.717, 1.165) is 38.5 Å². The highest BCUT2D eigenvalue weighted by molar-refractivity contribution is 7.47. The van der Waals surface area contributed by atoms with Gasteiger partial charge in [0.2, 0.25) is 0 Å². The van der Waals surface area contributed by atoms with E-state index in [4.69, 9.17) is 18.5 Å². The number of likely N-dealkylation sites (N-methyl/N-ethyl adjacent to an activating group) is 1. The number of esters is 2. The molecule has 0 aromatic rings. The molecule has 0 radical (unpaired) electrons. The Morgan fingerprint density at radius 1 is 0.562 bits per heavy atom. The molecule has 0 aliphatic carbocycles. The molecule has 10 heteroatoms. The Bertz CT molecular complexity index is 804. The van der Waals surface area contributed by atoms with Gasteiger partial charge in [0, 0.05) is 12.8 Å². The van der Waals surface area contributed by atoms with Gasteiger partial charge in [-0.05, 0) is 12.8 Å². The lowest BCUT2D eigenvalue weighted by Crippen LogP contribution is -2.37. The van der Waals surface area contributed by atoms with Crippen molar-refractivity contribution in [2.24, 2.45) is 0 Å². The van der Waals surface area contributed by atoms with E-state index >= 15 is 0 Å². The maximum atomic E-state index is 12.6. The Balaban J connectivity index is 4.40. The van der Waals surface area contributed by atoms with Crippen molar-refractivity contribution in [3.8, 4) is 0 Å². The summed E-state index contributed by atoms with van der Waals surface area (Å²) in [5.41, 5.74) is 0. The first-order valence-electron chi connectivity index (χ1n) is 19.8. The Morgan fingerprint density at radius 3 is 1.33 bits per heavy atom. The highest BCUT2D eigenvalue weighted by atomic mass is 31.2. The molecule has 0 fully saturated rings. The zero-order valence-corrected chi connectivity index (χ0v) is 32.9. The normalized spacial score (nSPS) is 13.7. The minimum atomic E-state index is -4.36. The number of rotatable bonds is 36. The second-order valence-corrected chi connectivity index (χ2v) is 16.1. The van der Waals surface area contributed by atoms with Gasteiger partial charge in [0.1, 0.15) is 19.8 Å². The van der Waals surface area contributed by atoms with Crippen LogP contribution in [0.15, 0.2) is 0 Å². The maximum absolute atomic E-state index is 12.6. The van der Waals surface area contributed by atoms with Crippen LogP contribution in [0.1, 0.15) is 181 Å². The number of ether oxygens (including phenoxy) is 2. The smallest absolute Gasteiger partial charge is 0.462 e. The largest absolute Gasteiger partial charge is 0.472 e. The Kier molecular flexibility index (Phi) is 31.3. The lowest BCUT2D eigenvalue weighted by Gasteiger charge is -2.24. The predicted molar refractivity (Wildman–Crippen MR) is 197 cm³/mol. The van der Waals surface area contributed by atoms with Crippen molar-refractivity contribution < 1.29 is 42.1 Å². The van der Waals surface area contributed by atoms with Crippen LogP contribution in [-0.2, 0) is 32.7 Å². The number of unbranched alkanes of at least 4 members (excludes halogenated alkanes) is 22. The number of hydrogen-bond donors (Lipinski definition) is 1. The molecule has 0 spiro atoms. The fourth-order valence-corrected chi connectivity index (χ4v) is 6.23. The number of carbonyl (C=O) groups excluding carboxylic acids is 2. The second-order valence-electron chi connectivity index (χ2n) is 14.7. The van der Waals surface area contributed by atoms with Gasteiger partial charge in [-0.3, -0.25) is 18.6 Å². The zero-order chi connectivity index (χ0) is 35.8. The van der Waals surface area contributed by atoms with Crippen molar-refractivity contribution in [1.29, 1.82) is 0 Å². The number of carbonyl (C=O) groups is 2. The van der Waals surface area contributed by atoms with E-state index in [1.807, 2.05) is 21.1 Å². The monoisotopic (exact) mass is 707 g/mol. The van der Waals surface area contributed by atoms with E-state index in [2.05, 4.69) is 13.8 Å². The highest BCUT2D eigenvalue weighted by Gasteiger charge is 2.27. The molecule has 48 heavy (non-hydrogen) atoms. The van der Waals surface area contributed by atoms with Crippen LogP contribution in [0.2, 0.25) is 0 Å². The Morgan fingerprint density at radius 2 is 0.938 bits per heavy atom. The van der Waals surface area contributed by atoms with Crippen LogP contribution >= 0.6 is 7.82 Å². The summed E-state index contributed by atoms with van der Waals surface area (Å²) >= 11 is 0. The first-order chi connectivity index (χ1) is 23.0. The SMILES string of the molecule is CCCCCCCCCCCCCCCC(=O)O[C@H](COC(=O)CCCCCCCCCCCCC)COP(=O)(O)OCC[N+](C)(C)C. The summed E-state index contributed by atoms with van der Waals surface area (Å²) in [6.45, 7) is 4.42. The van der Waals surface area contributed by atoms with Gasteiger partial charge >= 0.3 is 19.8 Å². The summed E-state index contributed by atoms with van der Waals surface area (Å²) in [7, 11) is 1.49. The molecule has 0 bridgehead atoms. The Hall–Kier alpha value is -0.990. The van der Waals surface area contributed by atoms with Crippen LogP contribution in [0.25, 0.3) is 0 Å². The van der Waals surface area contributed by atoms with Crippen molar-refractivity contribution >= 4 is 19.8 Å². The van der Waals surface area contributed by atoms with Gasteiger partial charge in [0.15, 0.2) is 6.10 Å². The van der Waals surface area contributed by atoms with Crippen LogP contribution in [0.4, 0.5) is 0 Å². The second kappa shape index (κ2) is 32.0. The number of nitrogens with zero attached hydrogens (tertiary/aromatic N) is 1.